The van der Waals surface area contributed by atoms with E-state index in [-0.39, 0.29) is 12.1 Å². The van der Waals surface area contributed by atoms with Gasteiger partial charge in [-0.05, 0) is 66.8 Å². The van der Waals surface area contributed by atoms with Gasteiger partial charge in [-0.15, -0.1) is 0 Å². The molecule has 2 aromatic carbocycles. The van der Waals surface area contributed by atoms with E-state index in [0.29, 0.717) is 19.6 Å². The maximum Gasteiger partial charge on any atom is 0.306 e. The van der Waals surface area contributed by atoms with E-state index in [1.807, 2.05) is 24.4 Å². The molecule has 0 amide bonds. The second kappa shape index (κ2) is 10.8. The molecule has 2 aliphatic rings. The minimum Gasteiger partial charge on any atom is -0.489 e. The predicted molar refractivity (Wildman–Crippen MR) is 145 cm³/mol. The van der Waals surface area contributed by atoms with Gasteiger partial charge in [0, 0.05) is 55.1 Å². The molecule has 0 unspecified atom stereocenters. The van der Waals surface area contributed by atoms with Gasteiger partial charge in [-0.25, -0.2) is 4.98 Å². The van der Waals surface area contributed by atoms with Gasteiger partial charge in [0.25, 0.3) is 0 Å². The third-order valence-corrected chi connectivity index (χ3v) is 7.23. The largest absolute Gasteiger partial charge is 0.489 e. The molecule has 0 radical (unpaired) electrons. The fourth-order valence-electron chi connectivity index (χ4n) is 5.16. The van der Waals surface area contributed by atoms with E-state index in [1.165, 1.54) is 27.8 Å². The number of rotatable bonds is 7. The molecular formula is C30H35N3O4. The Balaban J connectivity index is 1.32. The molecule has 5 rings (SSSR count). The third-order valence-electron chi connectivity index (χ3n) is 7.23. The van der Waals surface area contributed by atoms with E-state index in [0.717, 1.165) is 54.7 Å². The highest BCUT2D eigenvalue weighted by Gasteiger charge is 2.27. The van der Waals surface area contributed by atoms with Gasteiger partial charge in [0.05, 0.1) is 13.2 Å². The Morgan fingerprint density at radius 1 is 1.11 bits per heavy atom. The maximum absolute atomic E-state index is 11.7. The molecule has 1 atom stereocenters. The minimum absolute atomic E-state index is 0.213. The van der Waals surface area contributed by atoms with Gasteiger partial charge >= 0.3 is 5.97 Å². The molecule has 0 spiro atoms. The quantitative estimate of drug-likeness (QED) is 0.428. The zero-order valence-corrected chi connectivity index (χ0v) is 22.1. The van der Waals surface area contributed by atoms with Crippen molar-refractivity contribution in [2.24, 2.45) is 0 Å². The zero-order chi connectivity index (χ0) is 25.9. The van der Waals surface area contributed by atoms with Crippen LogP contribution in [0.4, 0.5) is 11.5 Å². The molecule has 0 bridgehead atoms. The van der Waals surface area contributed by atoms with Gasteiger partial charge in [0.15, 0.2) is 6.10 Å². The van der Waals surface area contributed by atoms with Crippen LogP contribution in [0, 0.1) is 20.8 Å². The van der Waals surface area contributed by atoms with Crippen LogP contribution in [0.15, 0.2) is 42.6 Å². The number of aromatic nitrogens is 1. The molecule has 0 aliphatic carbocycles. The van der Waals surface area contributed by atoms with Gasteiger partial charge < -0.3 is 24.4 Å². The Morgan fingerprint density at radius 3 is 2.68 bits per heavy atom. The van der Waals surface area contributed by atoms with Crippen molar-refractivity contribution >= 4 is 17.5 Å². The summed E-state index contributed by atoms with van der Waals surface area (Å²) < 4.78 is 16.8. The molecule has 1 saturated heterocycles. The van der Waals surface area contributed by atoms with Crippen LogP contribution in [0.1, 0.15) is 47.3 Å². The molecule has 0 saturated carbocycles. The fourth-order valence-corrected chi connectivity index (χ4v) is 5.16. The van der Waals surface area contributed by atoms with Crippen LogP contribution in [0.25, 0.3) is 11.1 Å². The van der Waals surface area contributed by atoms with E-state index in [4.69, 9.17) is 19.2 Å². The Labute approximate surface area is 218 Å². The number of hydrogen-bond donors (Lipinski definition) is 1. The molecule has 1 fully saturated rings. The molecule has 1 N–H and O–H groups in total. The van der Waals surface area contributed by atoms with Gasteiger partial charge in [0.2, 0.25) is 0 Å². The summed E-state index contributed by atoms with van der Waals surface area (Å²) in [6, 6.07) is 12.6. The van der Waals surface area contributed by atoms with Crippen molar-refractivity contribution in [3.63, 3.8) is 0 Å². The molecule has 1 aromatic heterocycles. The average Bonchev–Trinajstić information content (AvgIpc) is 3.30. The molecular weight excluding hydrogens is 466 g/mol. The minimum atomic E-state index is -0.329. The lowest BCUT2D eigenvalue weighted by Gasteiger charge is -2.29. The number of carbonyl (C=O) groups is 1. The number of nitrogens with one attached hydrogen (secondary N) is 1. The second-order valence-corrected chi connectivity index (χ2v) is 9.75. The lowest BCUT2D eigenvalue weighted by Crippen LogP contribution is -2.37. The molecule has 3 aromatic rings. The standard InChI is InChI=1S/C30H35N3O4/c1-5-28(34)37-27-18-36-26-15-24(8-9-25(26)27)31-16-22-7-6-19(2)29(21(22)4)23-14-20(3)30(32-17-23)33-10-12-35-13-11-33/h6-9,14-15,17,27,31H,5,10-13,16,18H2,1-4H3/t27-/m1/s1. The summed E-state index contributed by atoms with van der Waals surface area (Å²) >= 11 is 0. The number of hydrogen-bond acceptors (Lipinski definition) is 7. The normalized spacial score (nSPS) is 16.8. The Kier molecular flexibility index (Phi) is 7.33. The predicted octanol–water partition coefficient (Wildman–Crippen LogP) is 5.51. The summed E-state index contributed by atoms with van der Waals surface area (Å²) in [6.45, 7) is 12.6. The highest BCUT2D eigenvalue weighted by molar-refractivity contribution is 5.74. The van der Waals surface area contributed by atoms with Crippen molar-refractivity contribution < 1.29 is 19.0 Å². The number of fused-ring (bicyclic) bond motifs is 1. The zero-order valence-electron chi connectivity index (χ0n) is 22.1. The molecule has 7 heteroatoms. The van der Waals surface area contributed by atoms with E-state index < -0.39 is 0 Å². The number of benzene rings is 2. The van der Waals surface area contributed by atoms with E-state index in [1.54, 1.807) is 6.92 Å². The Bertz CT molecular complexity index is 1300. The van der Waals surface area contributed by atoms with Crippen molar-refractivity contribution in [1.82, 2.24) is 4.98 Å². The van der Waals surface area contributed by atoms with Crippen LogP contribution in [-0.2, 0) is 20.8 Å². The van der Waals surface area contributed by atoms with Crippen LogP contribution in [-0.4, -0.2) is 43.9 Å². The fraction of sp³-hybridized carbons (Fsp3) is 0.400. The molecule has 3 heterocycles. The summed E-state index contributed by atoms with van der Waals surface area (Å²) in [5, 5.41) is 3.54. The van der Waals surface area contributed by atoms with Crippen LogP contribution in [0.5, 0.6) is 5.75 Å². The first-order chi connectivity index (χ1) is 17.9. The highest BCUT2D eigenvalue weighted by Crippen LogP contribution is 2.37. The number of esters is 1. The van der Waals surface area contributed by atoms with Crippen LogP contribution < -0.4 is 15.0 Å². The SMILES string of the molecule is CCC(=O)O[C@@H]1COc2cc(NCc3ccc(C)c(-c4cnc(N5CCOCC5)c(C)c4)c3C)ccc21. The summed E-state index contributed by atoms with van der Waals surface area (Å²) in [7, 11) is 0. The molecule has 7 nitrogen and oxygen atoms in total. The van der Waals surface area contributed by atoms with E-state index >= 15 is 0 Å². The average molecular weight is 502 g/mol. The number of nitrogens with zero attached hydrogens (tertiary/aromatic N) is 2. The summed E-state index contributed by atoms with van der Waals surface area (Å²) in [5.74, 6) is 1.60. The van der Waals surface area contributed by atoms with Gasteiger partial charge in [0.1, 0.15) is 18.2 Å². The summed E-state index contributed by atoms with van der Waals surface area (Å²) in [6.07, 6.45) is 2.03. The van der Waals surface area contributed by atoms with Gasteiger partial charge in [-0.3, -0.25) is 4.79 Å². The van der Waals surface area contributed by atoms with Gasteiger partial charge in [-0.2, -0.15) is 0 Å². The lowest BCUT2D eigenvalue weighted by atomic mass is 9.92. The van der Waals surface area contributed by atoms with Crippen LogP contribution in [0.2, 0.25) is 0 Å². The first-order valence-corrected chi connectivity index (χ1v) is 13.0. The number of ether oxygens (including phenoxy) is 3. The lowest BCUT2D eigenvalue weighted by molar-refractivity contribution is -0.149. The van der Waals surface area contributed by atoms with Crippen LogP contribution in [0.3, 0.4) is 0 Å². The van der Waals surface area contributed by atoms with E-state index in [2.05, 4.69) is 49.2 Å². The van der Waals surface area contributed by atoms with Crippen molar-refractivity contribution in [3.05, 3.63) is 70.4 Å². The van der Waals surface area contributed by atoms with Crippen molar-refractivity contribution in [3.8, 4) is 16.9 Å². The molecule has 194 valence electrons. The van der Waals surface area contributed by atoms with Crippen molar-refractivity contribution in [1.29, 1.82) is 0 Å². The number of pyridine rings is 1. The Hall–Kier alpha value is -3.58. The Morgan fingerprint density at radius 2 is 1.92 bits per heavy atom. The summed E-state index contributed by atoms with van der Waals surface area (Å²) in [5.41, 5.74) is 9.16. The highest BCUT2D eigenvalue weighted by atomic mass is 16.6. The number of aryl methyl sites for hydroxylation is 2. The second-order valence-electron chi connectivity index (χ2n) is 9.75. The monoisotopic (exact) mass is 501 g/mol. The summed E-state index contributed by atoms with van der Waals surface area (Å²) in [4.78, 5) is 18.9. The molecule has 37 heavy (non-hydrogen) atoms. The molecule has 2 aliphatic heterocycles. The van der Waals surface area contributed by atoms with E-state index in [9.17, 15) is 4.79 Å². The van der Waals surface area contributed by atoms with Crippen molar-refractivity contribution in [2.45, 2.75) is 46.8 Å². The number of morpholine rings is 1. The number of carbonyl (C=O) groups excluding carboxylic acids is 1. The first-order valence-electron chi connectivity index (χ1n) is 13.0. The van der Waals surface area contributed by atoms with Crippen molar-refractivity contribution in [2.75, 3.05) is 43.1 Å². The topological polar surface area (TPSA) is 72.9 Å². The number of anilines is 2. The van der Waals surface area contributed by atoms with Gasteiger partial charge in [-0.1, -0.05) is 19.1 Å². The first kappa shape index (κ1) is 25.1. The maximum atomic E-state index is 11.7. The van der Waals surface area contributed by atoms with Crippen LogP contribution >= 0.6 is 0 Å². The third kappa shape index (κ3) is 5.27. The smallest absolute Gasteiger partial charge is 0.306 e.